The Hall–Kier alpha value is -0.970. The van der Waals surface area contributed by atoms with Crippen LogP contribution in [0, 0.1) is 11.6 Å². The zero-order valence-corrected chi connectivity index (χ0v) is 12.0. The van der Waals surface area contributed by atoms with Gasteiger partial charge in [-0.15, -0.1) is 0 Å². The molecule has 2 aromatic carbocycles. The first-order chi connectivity index (χ1) is 8.97. The molecule has 100 valence electrons. The van der Waals surface area contributed by atoms with Crippen LogP contribution in [0.25, 0.3) is 0 Å². The molecule has 1 N–H and O–H groups in total. The number of aliphatic hydroxyl groups excluding tert-OH is 1. The van der Waals surface area contributed by atoms with E-state index in [1.165, 1.54) is 30.3 Å². The molecule has 5 heteroatoms. The predicted molar refractivity (Wildman–Crippen MR) is 74.2 cm³/mol. The third-order valence-corrected chi connectivity index (χ3v) is 3.59. The van der Waals surface area contributed by atoms with Crippen molar-refractivity contribution in [3.8, 4) is 0 Å². The van der Waals surface area contributed by atoms with Gasteiger partial charge in [-0.05, 0) is 35.9 Å². The Balaban J connectivity index is 2.25. The van der Waals surface area contributed by atoms with Gasteiger partial charge in [-0.25, -0.2) is 8.78 Å². The Kier molecular flexibility index (Phi) is 4.55. The maximum atomic E-state index is 13.6. The van der Waals surface area contributed by atoms with Crippen LogP contribution in [-0.4, -0.2) is 5.11 Å². The Morgan fingerprint density at radius 3 is 2.58 bits per heavy atom. The molecule has 0 heterocycles. The van der Waals surface area contributed by atoms with Crippen LogP contribution in [0.1, 0.15) is 17.2 Å². The van der Waals surface area contributed by atoms with Gasteiger partial charge in [0.05, 0.1) is 6.10 Å². The summed E-state index contributed by atoms with van der Waals surface area (Å²) in [5.41, 5.74) is 0.740. The first-order valence-corrected chi connectivity index (χ1v) is 6.71. The highest BCUT2D eigenvalue weighted by Gasteiger charge is 2.15. The van der Waals surface area contributed by atoms with Gasteiger partial charge >= 0.3 is 0 Å². The van der Waals surface area contributed by atoms with E-state index in [1.54, 1.807) is 6.07 Å². The number of benzene rings is 2. The predicted octanol–water partition coefficient (Wildman–Crippen LogP) is 4.66. The summed E-state index contributed by atoms with van der Waals surface area (Å²) < 4.78 is 27.2. The lowest BCUT2D eigenvalue weighted by Crippen LogP contribution is -2.05. The molecule has 1 atom stereocenters. The van der Waals surface area contributed by atoms with Crippen LogP contribution in [0.3, 0.4) is 0 Å². The van der Waals surface area contributed by atoms with Crippen molar-refractivity contribution in [3.63, 3.8) is 0 Å². The van der Waals surface area contributed by atoms with Gasteiger partial charge in [-0.2, -0.15) is 0 Å². The first kappa shape index (κ1) is 14.4. The fourth-order valence-corrected chi connectivity index (χ4v) is 2.40. The SMILES string of the molecule is OC(Cc1ccc(F)cc1Cl)c1cc(Br)ccc1F. The Morgan fingerprint density at radius 1 is 1.16 bits per heavy atom. The number of hydrogen-bond acceptors (Lipinski definition) is 1. The minimum atomic E-state index is -1.04. The molecule has 0 bridgehead atoms. The third kappa shape index (κ3) is 3.53. The normalized spacial score (nSPS) is 12.5. The Morgan fingerprint density at radius 2 is 1.89 bits per heavy atom. The Labute approximate surface area is 123 Å². The summed E-state index contributed by atoms with van der Waals surface area (Å²) in [6.07, 6.45) is -0.924. The summed E-state index contributed by atoms with van der Waals surface area (Å²) >= 11 is 9.10. The summed E-state index contributed by atoms with van der Waals surface area (Å²) in [4.78, 5) is 0. The molecule has 0 aliphatic heterocycles. The summed E-state index contributed by atoms with van der Waals surface area (Å²) in [7, 11) is 0. The quantitative estimate of drug-likeness (QED) is 0.856. The Bertz CT molecular complexity index is 604. The molecule has 0 fully saturated rings. The monoisotopic (exact) mass is 346 g/mol. The molecule has 0 amide bonds. The van der Waals surface area contributed by atoms with Crippen molar-refractivity contribution in [2.45, 2.75) is 12.5 Å². The van der Waals surface area contributed by atoms with Crippen LogP contribution >= 0.6 is 27.5 Å². The van der Waals surface area contributed by atoms with Crippen molar-refractivity contribution in [3.05, 3.63) is 68.7 Å². The van der Waals surface area contributed by atoms with E-state index < -0.39 is 17.7 Å². The van der Waals surface area contributed by atoms with E-state index in [0.717, 1.165) is 0 Å². The number of halogens is 4. The largest absolute Gasteiger partial charge is 0.388 e. The minimum Gasteiger partial charge on any atom is -0.388 e. The lowest BCUT2D eigenvalue weighted by Gasteiger charge is -2.13. The van der Waals surface area contributed by atoms with E-state index >= 15 is 0 Å². The molecular formula is C14H10BrClF2O. The van der Waals surface area contributed by atoms with Gasteiger partial charge in [0.1, 0.15) is 11.6 Å². The highest BCUT2D eigenvalue weighted by molar-refractivity contribution is 9.10. The highest BCUT2D eigenvalue weighted by atomic mass is 79.9. The molecule has 19 heavy (non-hydrogen) atoms. The van der Waals surface area contributed by atoms with Gasteiger partial charge in [0.25, 0.3) is 0 Å². The van der Waals surface area contributed by atoms with Crippen LogP contribution < -0.4 is 0 Å². The lowest BCUT2D eigenvalue weighted by atomic mass is 10.0. The second-order valence-electron chi connectivity index (χ2n) is 4.12. The molecule has 1 nitrogen and oxygen atoms in total. The molecule has 2 rings (SSSR count). The van der Waals surface area contributed by atoms with Crippen LogP contribution in [-0.2, 0) is 6.42 Å². The van der Waals surface area contributed by atoms with Gasteiger partial charge < -0.3 is 5.11 Å². The third-order valence-electron chi connectivity index (χ3n) is 2.75. The molecular weight excluding hydrogens is 338 g/mol. The van der Waals surface area contributed by atoms with E-state index in [2.05, 4.69) is 15.9 Å². The summed E-state index contributed by atoms with van der Waals surface area (Å²) in [5, 5.41) is 10.3. The average Bonchev–Trinajstić information content (AvgIpc) is 2.35. The molecule has 0 aromatic heterocycles. The van der Waals surface area contributed by atoms with Crippen molar-refractivity contribution in [2.75, 3.05) is 0 Å². The van der Waals surface area contributed by atoms with Crippen molar-refractivity contribution in [1.82, 2.24) is 0 Å². The molecule has 0 spiro atoms. The molecule has 0 radical (unpaired) electrons. The fourth-order valence-electron chi connectivity index (χ4n) is 1.78. The second kappa shape index (κ2) is 5.99. The van der Waals surface area contributed by atoms with E-state index in [9.17, 15) is 13.9 Å². The number of rotatable bonds is 3. The topological polar surface area (TPSA) is 20.2 Å². The number of aliphatic hydroxyl groups is 1. The minimum absolute atomic E-state index is 0.118. The molecule has 0 saturated carbocycles. The van der Waals surface area contributed by atoms with Crippen LogP contribution in [0.15, 0.2) is 40.9 Å². The van der Waals surface area contributed by atoms with Crippen molar-refractivity contribution >= 4 is 27.5 Å². The summed E-state index contributed by atoms with van der Waals surface area (Å²) in [6, 6.07) is 8.24. The van der Waals surface area contributed by atoms with E-state index in [-0.39, 0.29) is 17.0 Å². The average molecular weight is 348 g/mol. The number of hydrogen-bond donors (Lipinski definition) is 1. The van der Waals surface area contributed by atoms with Crippen molar-refractivity contribution in [2.24, 2.45) is 0 Å². The standard InChI is InChI=1S/C14H10BrClF2O/c15-9-2-4-13(18)11(6-9)14(19)5-8-1-3-10(17)7-12(8)16/h1-4,6-7,14,19H,5H2. The first-order valence-electron chi connectivity index (χ1n) is 5.54. The van der Waals surface area contributed by atoms with Crippen molar-refractivity contribution < 1.29 is 13.9 Å². The molecule has 0 saturated heterocycles. The summed E-state index contributed by atoms with van der Waals surface area (Å²) in [6.45, 7) is 0. The second-order valence-corrected chi connectivity index (χ2v) is 5.44. The van der Waals surface area contributed by atoms with E-state index in [4.69, 9.17) is 11.6 Å². The van der Waals surface area contributed by atoms with E-state index in [1.807, 2.05) is 0 Å². The van der Waals surface area contributed by atoms with Gasteiger partial charge in [-0.3, -0.25) is 0 Å². The molecule has 1 unspecified atom stereocenters. The van der Waals surface area contributed by atoms with Gasteiger partial charge in [0.15, 0.2) is 0 Å². The summed E-state index contributed by atoms with van der Waals surface area (Å²) in [5.74, 6) is -0.939. The van der Waals surface area contributed by atoms with Crippen LogP contribution in [0.5, 0.6) is 0 Å². The smallest absolute Gasteiger partial charge is 0.129 e. The molecule has 0 aliphatic rings. The zero-order chi connectivity index (χ0) is 14.0. The lowest BCUT2D eigenvalue weighted by molar-refractivity contribution is 0.173. The molecule has 2 aromatic rings. The van der Waals surface area contributed by atoms with Gasteiger partial charge in [0.2, 0.25) is 0 Å². The van der Waals surface area contributed by atoms with Crippen LogP contribution in [0.2, 0.25) is 5.02 Å². The fraction of sp³-hybridized carbons (Fsp3) is 0.143. The maximum absolute atomic E-state index is 13.6. The van der Waals surface area contributed by atoms with Crippen LogP contribution in [0.4, 0.5) is 8.78 Å². The zero-order valence-electron chi connectivity index (χ0n) is 9.71. The van der Waals surface area contributed by atoms with E-state index in [0.29, 0.717) is 10.0 Å². The highest BCUT2D eigenvalue weighted by Crippen LogP contribution is 2.27. The van der Waals surface area contributed by atoms with Crippen molar-refractivity contribution in [1.29, 1.82) is 0 Å². The maximum Gasteiger partial charge on any atom is 0.129 e. The van der Waals surface area contributed by atoms with Gasteiger partial charge in [0, 0.05) is 21.5 Å². The molecule has 0 aliphatic carbocycles. The van der Waals surface area contributed by atoms with Gasteiger partial charge in [-0.1, -0.05) is 33.6 Å².